The number of carbonyl (C=O) groups excluding carboxylic acids is 2. The molecule has 0 saturated heterocycles. The van der Waals surface area contributed by atoms with Gasteiger partial charge >= 0.3 is 17.6 Å². The molecule has 0 spiro atoms. The predicted molar refractivity (Wildman–Crippen MR) is 124 cm³/mol. The highest BCUT2D eigenvalue weighted by atomic mass is 16.6. The minimum Gasteiger partial charge on any atom is -0.493 e. The predicted octanol–water partition coefficient (Wildman–Crippen LogP) is 4.07. The molecular weight excluding hydrogens is 440 g/mol. The Kier molecular flexibility index (Phi) is 6.15. The lowest BCUT2D eigenvalue weighted by atomic mass is 9.90. The standard InChI is InChI=1S/C26H24O8/c1-15(27)31-19-8-5-16(11-22(19)30-4)6-9-25(29)33-23-13-18-12-17-7-10-24(28)32-20(17)14-21(18)34-26(23,2)3/h5-12,14,23H,13H2,1-4H3/b9-6+/t23-/m0/s1. The summed E-state index contributed by atoms with van der Waals surface area (Å²) in [5.41, 5.74) is 0.736. The second-order valence-electron chi connectivity index (χ2n) is 8.42. The van der Waals surface area contributed by atoms with Gasteiger partial charge in [-0.2, -0.15) is 0 Å². The molecule has 176 valence electrons. The van der Waals surface area contributed by atoms with Gasteiger partial charge in [0.05, 0.1) is 7.11 Å². The van der Waals surface area contributed by atoms with Crippen LogP contribution >= 0.6 is 0 Å². The van der Waals surface area contributed by atoms with Gasteiger partial charge in [0.25, 0.3) is 0 Å². The van der Waals surface area contributed by atoms with Crippen LogP contribution in [0.4, 0.5) is 0 Å². The summed E-state index contributed by atoms with van der Waals surface area (Å²) in [5, 5.41) is 0.762. The van der Waals surface area contributed by atoms with Crippen LogP contribution < -0.4 is 19.8 Å². The number of ether oxygens (including phenoxy) is 4. The summed E-state index contributed by atoms with van der Waals surface area (Å²) in [4.78, 5) is 35.3. The molecule has 0 aliphatic carbocycles. The van der Waals surface area contributed by atoms with E-state index in [1.807, 2.05) is 19.9 Å². The monoisotopic (exact) mass is 464 g/mol. The normalized spacial score (nSPS) is 16.5. The van der Waals surface area contributed by atoms with Crippen molar-refractivity contribution in [2.24, 2.45) is 0 Å². The zero-order chi connectivity index (χ0) is 24.5. The van der Waals surface area contributed by atoms with Crippen LogP contribution in [0.15, 0.2) is 57.8 Å². The van der Waals surface area contributed by atoms with E-state index in [0.29, 0.717) is 34.8 Å². The Morgan fingerprint density at radius 1 is 1.09 bits per heavy atom. The number of hydrogen-bond acceptors (Lipinski definition) is 8. The van der Waals surface area contributed by atoms with Crippen molar-refractivity contribution in [2.45, 2.75) is 38.9 Å². The molecule has 2 heterocycles. The first-order valence-corrected chi connectivity index (χ1v) is 10.7. The van der Waals surface area contributed by atoms with Gasteiger partial charge in [-0.1, -0.05) is 6.07 Å². The van der Waals surface area contributed by atoms with Crippen LogP contribution in [0.2, 0.25) is 0 Å². The van der Waals surface area contributed by atoms with E-state index in [9.17, 15) is 14.4 Å². The number of esters is 2. The summed E-state index contributed by atoms with van der Waals surface area (Å²) in [5.74, 6) is 0.268. The molecule has 1 aliphatic rings. The van der Waals surface area contributed by atoms with Crippen molar-refractivity contribution < 1.29 is 33.0 Å². The van der Waals surface area contributed by atoms with Crippen molar-refractivity contribution in [1.82, 2.24) is 0 Å². The third-order valence-corrected chi connectivity index (χ3v) is 5.47. The molecule has 0 amide bonds. The average molecular weight is 464 g/mol. The van der Waals surface area contributed by atoms with E-state index in [0.717, 1.165) is 10.9 Å². The number of carbonyl (C=O) groups is 2. The summed E-state index contributed by atoms with van der Waals surface area (Å²) in [7, 11) is 1.46. The third kappa shape index (κ3) is 4.96. The Balaban J connectivity index is 1.50. The van der Waals surface area contributed by atoms with Crippen LogP contribution in [0, 0.1) is 0 Å². The van der Waals surface area contributed by atoms with Gasteiger partial charge in [0.2, 0.25) is 0 Å². The number of hydrogen-bond donors (Lipinski definition) is 0. The topological polar surface area (TPSA) is 101 Å². The largest absolute Gasteiger partial charge is 0.493 e. The highest BCUT2D eigenvalue weighted by Gasteiger charge is 2.39. The number of rotatable bonds is 5. The maximum atomic E-state index is 12.6. The highest BCUT2D eigenvalue weighted by Crippen LogP contribution is 2.37. The Labute approximate surface area is 195 Å². The van der Waals surface area contributed by atoms with Crippen molar-refractivity contribution in [1.29, 1.82) is 0 Å². The molecule has 4 rings (SSSR count). The number of methoxy groups -OCH3 is 1. The van der Waals surface area contributed by atoms with Crippen LogP contribution in [0.25, 0.3) is 17.0 Å². The van der Waals surface area contributed by atoms with E-state index in [4.69, 9.17) is 23.4 Å². The molecule has 0 radical (unpaired) electrons. The SMILES string of the molecule is COc1cc(/C=C/C(=O)O[C@H]2Cc3cc4ccc(=O)oc4cc3OC2(C)C)ccc1OC(C)=O. The first kappa shape index (κ1) is 23.1. The molecular formula is C26H24O8. The minimum atomic E-state index is -0.797. The lowest BCUT2D eigenvalue weighted by Crippen LogP contribution is -2.48. The van der Waals surface area contributed by atoms with Gasteiger partial charge < -0.3 is 23.4 Å². The third-order valence-electron chi connectivity index (χ3n) is 5.47. The zero-order valence-electron chi connectivity index (χ0n) is 19.2. The molecule has 0 bridgehead atoms. The van der Waals surface area contributed by atoms with Gasteiger partial charge in [-0.05, 0) is 55.3 Å². The summed E-state index contributed by atoms with van der Waals surface area (Å²) in [6.07, 6.45) is 2.82. The quantitative estimate of drug-likeness (QED) is 0.241. The lowest BCUT2D eigenvalue weighted by molar-refractivity contribution is -0.155. The fraction of sp³-hybridized carbons (Fsp3) is 0.269. The van der Waals surface area contributed by atoms with E-state index in [1.54, 1.807) is 36.4 Å². The molecule has 3 aromatic rings. The Bertz CT molecular complexity index is 1350. The van der Waals surface area contributed by atoms with Crippen LogP contribution in [-0.4, -0.2) is 30.8 Å². The molecule has 34 heavy (non-hydrogen) atoms. The van der Waals surface area contributed by atoms with Gasteiger partial charge in [-0.15, -0.1) is 0 Å². The highest BCUT2D eigenvalue weighted by molar-refractivity contribution is 5.87. The molecule has 8 heteroatoms. The Morgan fingerprint density at radius 3 is 2.62 bits per heavy atom. The average Bonchev–Trinajstić information content (AvgIpc) is 2.77. The van der Waals surface area contributed by atoms with Gasteiger partial charge in [-0.25, -0.2) is 9.59 Å². The van der Waals surface area contributed by atoms with Crippen LogP contribution in [0.1, 0.15) is 31.9 Å². The first-order chi connectivity index (χ1) is 16.1. The molecule has 0 fully saturated rings. The summed E-state index contributed by atoms with van der Waals surface area (Å²) in [6, 6.07) is 11.5. The van der Waals surface area contributed by atoms with E-state index in [-0.39, 0.29) is 0 Å². The van der Waals surface area contributed by atoms with E-state index in [2.05, 4.69) is 0 Å². The first-order valence-electron chi connectivity index (χ1n) is 10.7. The van der Waals surface area contributed by atoms with E-state index >= 15 is 0 Å². The maximum absolute atomic E-state index is 12.6. The van der Waals surface area contributed by atoms with Crippen molar-refractivity contribution >= 4 is 29.0 Å². The summed E-state index contributed by atoms with van der Waals surface area (Å²) < 4.78 is 27.4. The minimum absolute atomic E-state index is 0.293. The van der Waals surface area contributed by atoms with E-state index < -0.39 is 29.3 Å². The van der Waals surface area contributed by atoms with Gasteiger partial charge in [0, 0.05) is 36.9 Å². The van der Waals surface area contributed by atoms with Gasteiger partial charge in [0.15, 0.2) is 11.5 Å². The molecule has 2 aromatic carbocycles. The van der Waals surface area contributed by atoms with Crippen LogP contribution in [0.5, 0.6) is 17.2 Å². The zero-order valence-corrected chi connectivity index (χ0v) is 19.2. The number of fused-ring (bicyclic) bond motifs is 2. The van der Waals surface area contributed by atoms with Crippen molar-refractivity contribution in [3.05, 3.63) is 70.1 Å². The van der Waals surface area contributed by atoms with Gasteiger partial charge in [-0.3, -0.25) is 4.79 Å². The molecule has 1 atom stereocenters. The molecule has 0 saturated carbocycles. The van der Waals surface area contributed by atoms with Gasteiger partial charge in [0.1, 0.15) is 23.0 Å². The number of benzene rings is 2. The Morgan fingerprint density at radius 2 is 1.88 bits per heavy atom. The molecule has 1 aliphatic heterocycles. The second kappa shape index (κ2) is 9.05. The van der Waals surface area contributed by atoms with Crippen molar-refractivity contribution in [2.75, 3.05) is 7.11 Å². The fourth-order valence-corrected chi connectivity index (χ4v) is 3.75. The smallest absolute Gasteiger partial charge is 0.336 e. The van der Waals surface area contributed by atoms with Crippen LogP contribution in [0.3, 0.4) is 0 Å². The van der Waals surface area contributed by atoms with Crippen molar-refractivity contribution in [3.63, 3.8) is 0 Å². The second-order valence-corrected chi connectivity index (χ2v) is 8.42. The molecule has 0 N–H and O–H groups in total. The summed E-state index contributed by atoms with van der Waals surface area (Å²) >= 11 is 0. The Hall–Kier alpha value is -4.07. The molecule has 1 aromatic heterocycles. The fourth-order valence-electron chi connectivity index (χ4n) is 3.75. The maximum Gasteiger partial charge on any atom is 0.336 e. The van der Waals surface area contributed by atoms with E-state index in [1.165, 1.54) is 26.2 Å². The summed E-state index contributed by atoms with van der Waals surface area (Å²) in [6.45, 7) is 4.97. The molecule has 0 unspecified atom stereocenters. The lowest BCUT2D eigenvalue weighted by Gasteiger charge is -2.39. The van der Waals surface area contributed by atoms with Crippen molar-refractivity contribution in [3.8, 4) is 17.2 Å². The molecule has 8 nitrogen and oxygen atoms in total. The van der Waals surface area contributed by atoms with Crippen LogP contribution in [-0.2, 0) is 20.7 Å².